The monoisotopic (exact) mass is 279 g/mol. The summed E-state index contributed by atoms with van der Waals surface area (Å²) in [4.78, 5) is 14.8. The van der Waals surface area contributed by atoms with Crippen molar-refractivity contribution in [3.63, 3.8) is 0 Å². The Labute approximate surface area is 123 Å². The van der Waals surface area contributed by atoms with Gasteiger partial charge in [-0.25, -0.2) is 0 Å². The minimum absolute atomic E-state index is 0.0836. The third-order valence-electron chi connectivity index (χ3n) is 4.38. The molecule has 0 aromatic heterocycles. The van der Waals surface area contributed by atoms with Gasteiger partial charge in [-0.05, 0) is 39.7 Å². The second-order valence-corrected chi connectivity index (χ2v) is 6.15. The number of nitrogens with one attached hydrogen (secondary N) is 1. The van der Waals surface area contributed by atoms with Gasteiger partial charge < -0.3 is 5.32 Å². The molecule has 0 bridgehead atoms. The number of hydrogen-bond donors (Lipinski definition) is 1. The molecule has 1 atom stereocenters. The number of nitriles is 1. The van der Waals surface area contributed by atoms with Crippen LogP contribution < -0.4 is 5.32 Å². The van der Waals surface area contributed by atoms with E-state index in [1.165, 1.54) is 12.8 Å². The predicted molar refractivity (Wildman–Crippen MR) is 81.1 cm³/mol. The Morgan fingerprint density at radius 2 is 1.95 bits per heavy atom. The van der Waals surface area contributed by atoms with Gasteiger partial charge in [-0.1, -0.05) is 26.7 Å². The standard InChI is InChI=1S/C16H29N3O/c1-5-9-16(12-17,10-6-2)15(20)18-11-13(3)19(4)14-7-8-14/h13-14H,5-11H2,1-4H3,(H,18,20). The summed E-state index contributed by atoms with van der Waals surface area (Å²) in [5.74, 6) is -0.0836. The van der Waals surface area contributed by atoms with Crippen LogP contribution in [0.15, 0.2) is 0 Å². The highest BCUT2D eigenvalue weighted by molar-refractivity contribution is 5.85. The van der Waals surface area contributed by atoms with Gasteiger partial charge in [0.15, 0.2) is 0 Å². The Kier molecular flexibility index (Phi) is 6.48. The fourth-order valence-electron chi connectivity index (χ4n) is 2.76. The highest BCUT2D eigenvalue weighted by Gasteiger charge is 2.37. The maximum atomic E-state index is 12.4. The highest BCUT2D eigenvalue weighted by atomic mass is 16.2. The molecule has 1 unspecified atom stereocenters. The number of carbonyl (C=O) groups excluding carboxylic acids is 1. The van der Waals surface area contributed by atoms with Crippen molar-refractivity contribution in [1.82, 2.24) is 10.2 Å². The molecule has 20 heavy (non-hydrogen) atoms. The molecule has 1 saturated carbocycles. The lowest BCUT2D eigenvalue weighted by atomic mass is 9.79. The second kappa shape index (κ2) is 7.64. The van der Waals surface area contributed by atoms with Gasteiger partial charge in [-0.15, -0.1) is 0 Å². The van der Waals surface area contributed by atoms with E-state index in [9.17, 15) is 10.1 Å². The molecule has 0 aromatic carbocycles. The molecular formula is C16H29N3O. The van der Waals surface area contributed by atoms with Crippen LogP contribution in [0.2, 0.25) is 0 Å². The van der Waals surface area contributed by atoms with Crippen LogP contribution in [0.3, 0.4) is 0 Å². The van der Waals surface area contributed by atoms with Gasteiger partial charge in [0.2, 0.25) is 5.91 Å². The largest absolute Gasteiger partial charge is 0.353 e. The van der Waals surface area contributed by atoms with E-state index in [4.69, 9.17) is 0 Å². The quantitative estimate of drug-likeness (QED) is 0.706. The van der Waals surface area contributed by atoms with Crippen molar-refractivity contribution in [3.8, 4) is 6.07 Å². The first-order valence-electron chi connectivity index (χ1n) is 7.92. The number of carbonyl (C=O) groups is 1. The highest BCUT2D eigenvalue weighted by Crippen LogP contribution is 2.30. The molecule has 1 fully saturated rings. The summed E-state index contributed by atoms with van der Waals surface area (Å²) < 4.78 is 0. The lowest BCUT2D eigenvalue weighted by molar-refractivity contribution is -0.129. The number of amides is 1. The van der Waals surface area contributed by atoms with Crippen LogP contribution in [0, 0.1) is 16.7 Å². The summed E-state index contributed by atoms with van der Waals surface area (Å²) in [7, 11) is 2.12. The summed E-state index contributed by atoms with van der Waals surface area (Å²) in [5.41, 5.74) is -0.832. The van der Waals surface area contributed by atoms with Crippen LogP contribution in [-0.2, 0) is 4.79 Å². The van der Waals surface area contributed by atoms with Crippen LogP contribution in [0.25, 0.3) is 0 Å². The number of nitrogens with zero attached hydrogens (tertiary/aromatic N) is 2. The zero-order chi connectivity index (χ0) is 15.2. The van der Waals surface area contributed by atoms with Crippen LogP contribution in [0.5, 0.6) is 0 Å². The minimum atomic E-state index is -0.832. The molecule has 1 N–H and O–H groups in total. The summed E-state index contributed by atoms with van der Waals surface area (Å²) in [5, 5.41) is 12.5. The molecule has 0 aliphatic heterocycles. The first-order valence-corrected chi connectivity index (χ1v) is 7.92. The predicted octanol–water partition coefficient (Wildman–Crippen LogP) is 2.70. The summed E-state index contributed by atoms with van der Waals surface area (Å²) in [6.45, 7) is 6.81. The van der Waals surface area contributed by atoms with Crippen LogP contribution in [-0.4, -0.2) is 36.5 Å². The van der Waals surface area contributed by atoms with E-state index in [0.29, 0.717) is 31.5 Å². The number of rotatable bonds is 9. The number of hydrogen-bond acceptors (Lipinski definition) is 3. The Morgan fingerprint density at radius 1 is 1.40 bits per heavy atom. The van der Waals surface area contributed by atoms with E-state index < -0.39 is 5.41 Å². The molecule has 4 nitrogen and oxygen atoms in total. The molecule has 0 saturated heterocycles. The molecule has 1 aliphatic carbocycles. The van der Waals surface area contributed by atoms with Crippen LogP contribution >= 0.6 is 0 Å². The molecular weight excluding hydrogens is 250 g/mol. The second-order valence-electron chi connectivity index (χ2n) is 6.15. The van der Waals surface area contributed by atoms with E-state index in [2.05, 4.69) is 30.3 Å². The van der Waals surface area contributed by atoms with Gasteiger partial charge in [0.1, 0.15) is 5.41 Å². The molecule has 0 spiro atoms. The maximum absolute atomic E-state index is 12.4. The van der Waals surface area contributed by atoms with Crippen molar-refractivity contribution in [3.05, 3.63) is 0 Å². The molecule has 0 radical (unpaired) electrons. The fourth-order valence-corrected chi connectivity index (χ4v) is 2.76. The van der Waals surface area contributed by atoms with Crippen molar-refractivity contribution >= 4 is 5.91 Å². The van der Waals surface area contributed by atoms with E-state index >= 15 is 0 Å². The third kappa shape index (κ3) is 4.21. The van der Waals surface area contributed by atoms with Crippen molar-refractivity contribution in [2.75, 3.05) is 13.6 Å². The van der Waals surface area contributed by atoms with E-state index in [1.807, 2.05) is 13.8 Å². The molecule has 1 aliphatic rings. The Morgan fingerprint density at radius 3 is 2.35 bits per heavy atom. The Bertz CT molecular complexity index is 351. The smallest absolute Gasteiger partial charge is 0.240 e. The zero-order valence-electron chi connectivity index (χ0n) is 13.4. The van der Waals surface area contributed by atoms with E-state index in [1.54, 1.807) is 0 Å². The average molecular weight is 279 g/mol. The number of likely N-dealkylation sites (N-methyl/N-ethyl adjacent to an activating group) is 1. The Balaban J connectivity index is 2.55. The first kappa shape index (κ1) is 17.0. The summed E-state index contributed by atoms with van der Waals surface area (Å²) in [6, 6.07) is 3.29. The van der Waals surface area contributed by atoms with Crippen LogP contribution in [0.1, 0.15) is 59.3 Å². The maximum Gasteiger partial charge on any atom is 0.240 e. The molecule has 1 amide bonds. The van der Waals surface area contributed by atoms with Crippen molar-refractivity contribution in [1.29, 1.82) is 5.26 Å². The lowest BCUT2D eigenvalue weighted by Crippen LogP contribution is -2.46. The first-order chi connectivity index (χ1) is 9.50. The molecule has 4 heteroatoms. The molecule has 114 valence electrons. The van der Waals surface area contributed by atoms with Gasteiger partial charge in [0.05, 0.1) is 6.07 Å². The molecule has 0 aromatic rings. The van der Waals surface area contributed by atoms with E-state index in [0.717, 1.165) is 12.8 Å². The van der Waals surface area contributed by atoms with Crippen molar-refractivity contribution in [2.24, 2.45) is 5.41 Å². The van der Waals surface area contributed by atoms with Gasteiger partial charge >= 0.3 is 0 Å². The topological polar surface area (TPSA) is 56.1 Å². The van der Waals surface area contributed by atoms with Gasteiger partial charge in [-0.3, -0.25) is 9.69 Å². The minimum Gasteiger partial charge on any atom is -0.353 e. The lowest BCUT2D eigenvalue weighted by Gasteiger charge is -2.28. The van der Waals surface area contributed by atoms with Gasteiger partial charge in [-0.2, -0.15) is 5.26 Å². The van der Waals surface area contributed by atoms with Crippen LogP contribution in [0.4, 0.5) is 0 Å². The van der Waals surface area contributed by atoms with E-state index in [-0.39, 0.29) is 5.91 Å². The van der Waals surface area contributed by atoms with Crippen molar-refractivity contribution < 1.29 is 4.79 Å². The average Bonchev–Trinajstić information content (AvgIpc) is 3.27. The van der Waals surface area contributed by atoms with Gasteiger partial charge in [0, 0.05) is 18.6 Å². The summed E-state index contributed by atoms with van der Waals surface area (Å²) in [6.07, 6.45) is 5.55. The zero-order valence-corrected chi connectivity index (χ0v) is 13.4. The van der Waals surface area contributed by atoms with Gasteiger partial charge in [0.25, 0.3) is 0 Å². The molecule has 1 rings (SSSR count). The molecule has 0 heterocycles. The summed E-state index contributed by atoms with van der Waals surface area (Å²) >= 11 is 0. The SMILES string of the molecule is CCCC(C#N)(CCC)C(=O)NCC(C)N(C)C1CC1. The third-order valence-corrected chi connectivity index (χ3v) is 4.38. The Hall–Kier alpha value is -1.08. The normalized spacial score (nSPS) is 16.8. The van der Waals surface area contributed by atoms with Crippen molar-refractivity contribution in [2.45, 2.75) is 71.4 Å². The fraction of sp³-hybridized carbons (Fsp3) is 0.875.